The number of carbonyl (C=O) groups is 1. The molecule has 0 saturated carbocycles. The van der Waals surface area contributed by atoms with Crippen LogP contribution < -0.4 is 21.3 Å². The fourth-order valence-corrected chi connectivity index (χ4v) is 4.26. The van der Waals surface area contributed by atoms with Gasteiger partial charge in [-0.1, -0.05) is 18.2 Å². The number of carbonyl (C=O) groups excluding carboxylic acids is 1. The molecule has 2 aromatic heterocycles. The highest BCUT2D eigenvalue weighted by molar-refractivity contribution is 5.77. The van der Waals surface area contributed by atoms with Gasteiger partial charge in [-0.25, -0.2) is 14.3 Å². The third-order valence-electron chi connectivity index (χ3n) is 6.04. The maximum Gasteiger partial charge on any atom is 0.332 e. The number of aryl methyl sites for hydroxylation is 2. The number of para-hydroxylation sites is 1. The van der Waals surface area contributed by atoms with Crippen LogP contribution in [0.3, 0.4) is 0 Å². The maximum atomic E-state index is 12.8. The van der Waals surface area contributed by atoms with Gasteiger partial charge in [0.05, 0.1) is 13.4 Å². The number of rotatable bonds is 6. The minimum atomic E-state index is -0.553. The van der Waals surface area contributed by atoms with E-state index in [9.17, 15) is 14.4 Å². The van der Waals surface area contributed by atoms with Crippen LogP contribution >= 0.6 is 0 Å². The van der Waals surface area contributed by atoms with E-state index < -0.39 is 11.2 Å². The molecule has 1 amide bonds. The molecule has 1 aromatic carbocycles. The second-order valence-corrected chi connectivity index (χ2v) is 8.19. The zero-order valence-corrected chi connectivity index (χ0v) is 18.6. The molecule has 0 radical (unpaired) electrons. The van der Waals surface area contributed by atoms with E-state index in [1.165, 1.54) is 10.9 Å². The number of imidazole rings is 1. The molecule has 0 unspecified atom stereocenters. The van der Waals surface area contributed by atoms with Crippen LogP contribution in [0.4, 0.5) is 0 Å². The van der Waals surface area contributed by atoms with Crippen molar-refractivity contribution in [3.8, 4) is 5.75 Å². The maximum absolute atomic E-state index is 12.8. The quantitative estimate of drug-likeness (QED) is 0.588. The van der Waals surface area contributed by atoms with Gasteiger partial charge in [0, 0.05) is 45.3 Å². The van der Waals surface area contributed by atoms with E-state index >= 15 is 0 Å². The van der Waals surface area contributed by atoms with Crippen LogP contribution in [0.1, 0.15) is 18.4 Å². The molecule has 1 aliphatic heterocycles. The van der Waals surface area contributed by atoms with Crippen LogP contribution in [-0.4, -0.2) is 55.7 Å². The van der Waals surface area contributed by atoms with E-state index in [2.05, 4.69) is 21.3 Å². The van der Waals surface area contributed by atoms with Gasteiger partial charge in [-0.2, -0.15) is 0 Å². The predicted octanol–water partition coefficient (Wildman–Crippen LogP) is 0.223. The lowest BCUT2D eigenvalue weighted by Crippen LogP contribution is -2.48. The molecule has 4 rings (SSSR count). The van der Waals surface area contributed by atoms with Crippen LogP contribution in [-0.2, 0) is 32.0 Å². The topological polar surface area (TPSA) is 103 Å². The van der Waals surface area contributed by atoms with Gasteiger partial charge in [0.2, 0.25) is 5.91 Å². The highest BCUT2D eigenvalue weighted by Crippen LogP contribution is 2.21. The van der Waals surface area contributed by atoms with E-state index in [4.69, 9.17) is 4.74 Å². The summed E-state index contributed by atoms with van der Waals surface area (Å²) in [5, 5.41) is 2.98. The molecular formula is C22H28N6O4. The average molecular weight is 441 g/mol. The van der Waals surface area contributed by atoms with Crippen LogP contribution in [0, 0.1) is 0 Å². The number of ether oxygens (including phenoxy) is 1. The number of nitrogens with one attached hydrogen (secondary N) is 1. The van der Waals surface area contributed by atoms with E-state index in [1.54, 1.807) is 25.8 Å². The summed E-state index contributed by atoms with van der Waals surface area (Å²) in [5.41, 5.74) is 0.678. The molecule has 0 atom stereocenters. The number of piperidine rings is 1. The summed E-state index contributed by atoms with van der Waals surface area (Å²) in [4.78, 5) is 44.4. The molecule has 0 spiro atoms. The van der Waals surface area contributed by atoms with Gasteiger partial charge in [-0.15, -0.1) is 0 Å². The lowest BCUT2D eigenvalue weighted by molar-refractivity contribution is -0.122. The molecule has 0 aliphatic carbocycles. The van der Waals surface area contributed by atoms with Crippen LogP contribution in [0.5, 0.6) is 5.75 Å². The Bertz CT molecular complexity index is 1250. The molecule has 3 aromatic rings. The van der Waals surface area contributed by atoms with E-state index in [-0.39, 0.29) is 18.5 Å². The second-order valence-electron chi connectivity index (χ2n) is 8.19. The van der Waals surface area contributed by atoms with Crippen molar-refractivity contribution in [1.29, 1.82) is 0 Å². The Labute approximate surface area is 185 Å². The molecule has 0 bridgehead atoms. The Hall–Kier alpha value is -3.40. The fourth-order valence-electron chi connectivity index (χ4n) is 4.26. The van der Waals surface area contributed by atoms with Crippen molar-refractivity contribution in [3.05, 3.63) is 57.0 Å². The number of likely N-dealkylation sites (tertiary alicyclic amines) is 1. The zero-order valence-electron chi connectivity index (χ0n) is 18.6. The third-order valence-corrected chi connectivity index (χ3v) is 6.04. The summed E-state index contributed by atoms with van der Waals surface area (Å²) < 4.78 is 9.25. The first-order valence-electron chi connectivity index (χ1n) is 10.6. The van der Waals surface area contributed by atoms with E-state index in [1.807, 2.05) is 18.2 Å². The molecule has 3 heterocycles. The third kappa shape index (κ3) is 4.18. The fraction of sp³-hybridized carbons (Fsp3) is 0.455. The molecule has 170 valence electrons. The second kappa shape index (κ2) is 8.99. The molecular weight excluding hydrogens is 412 g/mol. The van der Waals surface area contributed by atoms with Crippen LogP contribution in [0.25, 0.3) is 11.2 Å². The van der Waals surface area contributed by atoms with Gasteiger partial charge in [0.25, 0.3) is 5.56 Å². The van der Waals surface area contributed by atoms with Gasteiger partial charge in [0.15, 0.2) is 11.2 Å². The van der Waals surface area contributed by atoms with Crippen molar-refractivity contribution < 1.29 is 9.53 Å². The van der Waals surface area contributed by atoms with Crippen molar-refractivity contribution in [1.82, 2.24) is 28.9 Å². The smallest absolute Gasteiger partial charge is 0.332 e. The number of fused-ring (bicyclic) bond motifs is 1. The van der Waals surface area contributed by atoms with Crippen LogP contribution in [0.2, 0.25) is 0 Å². The molecule has 1 aliphatic rings. The minimum absolute atomic E-state index is 0.0106. The lowest BCUT2D eigenvalue weighted by Gasteiger charge is -2.32. The Balaban J connectivity index is 1.38. The molecule has 1 saturated heterocycles. The van der Waals surface area contributed by atoms with Crippen LogP contribution in [0.15, 0.2) is 40.2 Å². The standard InChI is InChI=1S/C22H28N6O4/c1-25-14-23-20-19(25)21(30)28(22(31)26(20)2)13-18(29)24-16-8-10-27(11-9-16)12-15-6-4-5-7-17(15)32-3/h4-7,14,16H,8-13H2,1-3H3,(H,24,29). The average Bonchev–Trinajstić information content (AvgIpc) is 3.18. The van der Waals surface area contributed by atoms with Crippen molar-refractivity contribution in [2.75, 3.05) is 20.2 Å². The van der Waals surface area contributed by atoms with Gasteiger partial charge < -0.3 is 14.6 Å². The molecule has 1 fully saturated rings. The summed E-state index contributed by atoms with van der Waals surface area (Å²) in [7, 11) is 4.90. The SMILES string of the molecule is COc1ccccc1CN1CCC(NC(=O)Cn2c(=O)c3c(ncn3C)n(C)c2=O)CC1. The summed E-state index contributed by atoms with van der Waals surface area (Å²) in [5.74, 6) is 0.536. The van der Waals surface area contributed by atoms with E-state index in [0.29, 0.717) is 11.2 Å². The Kier molecular flexibility index (Phi) is 6.13. The monoisotopic (exact) mass is 440 g/mol. The normalized spacial score (nSPS) is 15.2. The summed E-state index contributed by atoms with van der Waals surface area (Å²) >= 11 is 0. The summed E-state index contributed by atoms with van der Waals surface area (Å²) in [6.45, 7) is 2.16. The number of aromatic nitrogens is 4. The first-order chi connectivity index (χ1) is 15.4. The van der Waals surface area contributed by atoms with Crippen molar-refractivity contribution in [2.24, 2.45) is 14.1 Å². The predicted molar refractivity (Wildman–Crippen MR) is 120 cm³/mol. The first-order valence-corrected chi connectivity index (χ1v) is 10.6. The van der Waals surface area contributed by atoms with Gasteiger partial charge in [-0.3, -0.25) is 19.1 Å². The Morgan fingerprint density at radius 2 is 1.91 bits per heavy atom. The van der Waals surface area contributed by atoms with E-state index in [0.717, 1.165) is 48.4 Å². The molecule has 32 heavy (non-hydrogen) atoms. The molecule has 10 heteroatoms. The number of nitrogens with zero attached hydrogens (tertiary/aromatic N) is 5. The highest BCUT2D eigenvalue weighted by Gasteiger charge is 2.23. The van der Waals surface area contributed by atoms with Gasteiger partial charge >= 0.3 is 5.69 Å². The number of benzene rings is 1. The van der Waals surface area contributed by atoms with Crippen molar-refractivity contribution in [3.63, 3.8) is 0 Å². The van der Waals surface area contributed by atoms with Crippen molar-refractivity contribution >= 4 is 17.1 Å². The first kappa shape index (κ1) is 21.8. The Morgan fingerprint density at radius 3 is 2.62 bits per heavy atom. The van der Waals surface area contributed by atoms with Gasteiger partial charge in [0.1, 0.15) is 12.3 Å². The number of amides is 1. The number of hydrogen-bond donors (Lipinski definition) is 1. The summed E-state index contributed by atoms with van der Waals surface area (Å²) in [6, 6.07) is 7.98. The van der Waals surface area contributed by atoms with Crippen molar-refractivity contribution in [2.45, 2.75) is 32.0 Å². The number of hydrogen-bond acceptors (Lipinski definition) is 6. The highest BCUT2D eigenvalue weighted by atomic mass is 16.5. The molecule has 10 nitrogen and oxygen atoms in total. The zero-order chi connectivity index (χ0) is 22.8. The lowest BCUT2D eigenvalue weighted by atomic mass is 10.0. The minimum Gasteiger partial charge on any atom is -0.496 e. The number of methoxy groups -OCH3 is 1. The van der Waals surface area contributed by atoms with Gasteiger partial charge in [-0.05, 0) is 18.9 Å². The Morgan fingerprint density at radius 1 is 1.19 bits per heavy atom. The molecule has 1 N–H and O–H groups in total. The summed E-state index contributed by atoms with van der Waals surface area (Å²) in [6.07, 6.45) is 3.08. The largest absolute Gasteiger partial charge is 0.496 e.